The summed E-state index contributed by atoms with van der Waals surface area (Å²) in [5.74, 6) is -0.799. The van der Waals surface area contributed by atoms with E-state index in [9.17, 15) is 14.7 Å². The molecule has 2 heterocycles. The SMILES string of the molecule is Cc1cc(C)cc(N(CC(=O)O)C(=O)c2cccnc2NCc2ccnc(N)c2)c1. The normalized spacial score (nSPS) is 10.5. The molecule has 0 aliphatic heterocycles. The summed E-state index contributed by atoms with van der Waals surface area (Å²) in [5.41, 5.74) is 9.27. The molecular formula is C22H23N5O3. The van der Waals surface area contributed by atoms with Crippen molar-refractivity contribution < 1.29 is 14.7 Å². The lowest BCUT2D eigenvalue weighted by Gasteiger charge is -2.23. The van der Waals surface area contributed by atoms with Crippen LogP contribution in [-0.4, -0.2) is 33.5 Å². The number of benzene rings is 1. The van der Waals surface area contributed by atoms with Crippen molar-refractivity contribution in [2.75, 3.05) is 22.5 Å². The topological polar surface area (TPSA) is 121 Å². The molecule has 0 fully saturated rings. The third-order valence-electron chi connectivity index (χ3n) is 4.40. The van der Waals surface area contributed by atoms with Gasteiger partial charge >= 0.3 is 5.97 Å². The Bertz CT molecular complexity index is 1060. The number of rotatable bonds is 7. The molecule has 30 heavy (non-hydrogen) atoms. The highest BCUT2D eigenvalue weighted by atomic mass is 16.4. The maximum Gasteiger partial charge on any atom is 0.323 e. The zero-order valence-electron chi connectivity index (χ0n) is 16.8. The van der Waals surface area contributed by atoms with Crippen molar-refractivity contribution in [3.8, 4) is 0 Å². The fraction of sp³-hybridized carbons (Fsp3) is 0.182. The van der Waals surface area contributed by atoms with Crippen LogP contribution in [0, 0.1) is 13.8 Å². The van der Waals surface area contributed by atoms with Crippen LogP contribution in [0.1, 0.15) is 27.0 Å². The molecule has 0 bridgehead atoms. The van der Waals surface area contributed by atoms with Crippen LogP contribution < -0.4 is 16.0 Å². The first kappa shape index (κ1) is 20.8. The number of aliphatic carboxylic acids is 1. The van der Waals surface area contributed by atoms with Crippen molar-refractivity contribution in [2.45, 2.75) is 20.4 Å². The Morgan fingerprint density at radius 1 is 1.07 bits per heavy atom. The highest BCUT2D eigenvalue weighted by molar-refractivity contribution is 6.10. The Labute approximate surface area is 174 Å². The number of nitrogens with one attached hydrogen (secondary N) is 1. The molecule has 4 N–H and O–H groups in total. The molecule has 8 heteroatoms. The monoisotopic (exact) mass is 405 g/mol. The van der Waals surface area contributed by atoms with Gasteiger partial charge in [0.1, 0.15) is 18.2 Å². The van der Waals surface area contributed by atoms with E-state index in [-0.39, 0.29) is 5.56 Å². The highest BCUT2D eigenvalue weighted by Crippen LogP contribution is 2.23. The summed E-state index contributed by atoms with van der Waals surface area (Å²) in [4.78, 5) is 34.3. The van der Waals surface area contributed by atoms with Crippen molar-refractivity contribution in [3.05, 3.63) is 77.1 Å². The molecule has 1 aromatic carbocycles. The molecule has 3 rings (SSSR count). The third kappa shape index (κ3) is 5.11. The number of carbonyl (C=O) groups excluding carboxylic acids is 1. The lowest BCUT2D eigenvalue weighted by molar-refractivity contribution is -0.135. The van der Waals surface area contributed by atoms with Gasteiger partial charge in [-0.05, 0) is 66.9 Å². The predicted octanol–water partition coefficient (Wildman–Crippen LogP) is 3.02. The summed E-state index contributed by atoms with van der Waals surface area (Å²) in [6, 6.07) is 12.3. The van der Waals surface area contributed by atoms with Crippen molar-refractivity contribution in [1.29, 1.82) is 0 Å². The molecule has 3 aromatic rings. The summed E-state index contributed by atoms with van der Waals surface area (Å²) in [7, 11) is 0. The molecule has 0 saturated carbocycles. The Morgan fingerprint density at radius 2 is 1.80 bits per heavy atom. The van der Waals surface area contributed by atoms with Crippen molar-refractivity contribution in [1.82, 2.24) is 9.97 Å². The van der Waals surface area contributed by atoms with Gasteiger partial charge in [0, 0.05) is 24.6 Å². The number of hydrogen-bond donors (Lipinski definition) is 3. The van der Waals surface area contributed by atoms with E-state index in [1.165, 1.54) is 4.90 Å². The van der Waals surface area contributed by atoms with Gasteiger partial charge in [0.15, 0.2) is 0 Å². The lowest BCUT2D eigenvalue weighted by Crippen LogP contribution is -2.36. The molecule has 0 saturated heterocycles. The van der Waals surface area contributed by atoms with Crippen LogP contribution in [0.25, 0.3) is 0 Å². The van der Waals surface area contributed by atoms with Crippen LogP contribution >= 0.6 is 0 Å². The van der Waals surface area contributed by atoms with Crippen LogP contribution in [-0.2, 0) is 11.3 Å². The maximum absolute atomic E-state index is 13.3. The largest absolute Gasteiger partial charge is 0.480 e. The van der Waals surface area contributed by atoms with Crippen LogP contribution in [0.3, 0.4) is 0 Å². The number of carboxylic acids is 1. The summed E-state index contributed by atoms with van der Waals surface area (Å²) in [5, 5.41) is 12.5. The average molecular weight is 405 g/mol. The lowest BCUT2D eigenvalue weighted by atomic mass is 10.1. The smallest absolute Gasteiger partial charge is 0.323 e. The summed E-state index contributed by atoms with van der Waals surface area (Å²) >= 11 is 0. The minimum atomic E-state index is -1.10. The van der Waals surface area contributed by atoms with E-state index in [1.54, 1.807) is 48.8 Å². The van der Waals surface area contributed by atoms with Crippen LogP contribution in [0.4, 0.5) is 17.3 Å². The molecule has 8 nitrogen and oxygen atoms in total. The number of amides is 1. The Hall–Kier alpha value is -3.94. The van der Waals surface area contributed by atoms with E-state index in [0.717, 1.165) is 16.7 Å². The second-order valence-corrected chi connectivity index (χ2v) is 6.97. The number of nitrogens with two attached hydrogens (primary N) is 1. The second kappa shape index (κ2) is 9.04. The fourth-order valence-corrected chi connectivity index (χ4v) is 3.18. The molecule has 2 aromatic heterocycles. The predicted molar refractivity (Wildman–Crippen MR) is 115 cm³/mol. The van der Waals surface area contributed by atoms with Gasteiger partial charge in [0.25, 0.3) is 5.91 Å². The first-order valence-electron chi connectivity index (χ1n) is 9.34. The van der Waals surface area contributed by atoms with Gasteiger partial charge < -0.3 is 16.2 Å². The van der Waals surface area contributed by atoms with Gasteiger partial charge in [-0.15, -0.1) is 0 Å². The van der Waals surface area contributed by atoms with Crippen LogP contribution in [0.2, 0.25) is 0 Å². The Kier molecular flexibility index (Phi) is 6.26. The van der Waals surface area contributed by atoms with Gasteiger partial charge in [0.05, 0.1) is 5.56 Å². The number of hydrogen-bond acceptors (Lipinski definition) is 6. The number of carbonyl (C=O) groups is 2. The average Bonchev–Trinajstić information content (AvgIpc) is 2.69. The van der Waals surface area contributed by atoms with Gasteiger partial charge in [0.2, 0.25) is 0 Å². The Balaban J connectivity index is 1.92. The van der Waals surface area contributed by atoms with E-state index >= 15 is 0 Å². The number of aromatic nitrogens is 2. The number of aryl methyl sites for hydroxylation is 2. The van der Waals surface area contributed by atoms with Crippen molar-refractivity contribution in [3.63, 3.8) is 0 Å². The minimum Gasteiger partial charge on any atom is -0.480 e. The first-order chi connectivity index (χ1) is 14.3. The molecule has 0 radical (unpaired) electrons. The number of nitrogen functional groups attached to an aromatic ring is 1. The summed E-state index contributed by atoms with van der Waals surface area (Å²) in [6.45, 7) is 3.72. The van der Waals surface area contributed by atoms with E-state index in [1.807, 2.05) is 19.9 Å². The maximum atomic E-state index is 13.3. The zero-order chi connectivity index (χ0) is 21.7. The van der Waals surface area contributed by atoms with Crippen LogP contribution in [0.15, 0.2) is 54.9 Å². The third-order valence-corrected chi connectivity index (χ3v) is 4.40. The minimum absolute atomic E-state index is 0.278. The zero-order valence-corrected chi connectivity index (χ0v) is 16.8. The van der Waals surface area contributed by atoms with Crippen LogP contribution in [0.5, 0.6) is 0 Å². The summed E-state index contributed by atoms with van der Waals surface area (Å²) < 4.78 is 0. The van der Waals surface area contributed by atoms with Gasteiger partial charge in [-0.2, -0.15) is 0 Å². The van der Waals surface area contributed by atoms with Gasteiger partial charge in [-0.1, -0.05) is 6.07 Å². The first-order valence-corrected chi connectivity index (χ1v) is 9.34. The number of anilines is 3. The molecule has 0 unspecified atom stereocenters. The van der Waals surface area contributed by atoms with Gasteiger partial charge in [-0.25, -0.2) is 9.97 Å². The quantitative estimate of drug-likeness (QED) is 0.552. The van der Waals surface area contributed by atoms with Crippen molar-refractivity contribution >= 4 is 29.2 Å². The molecule has 0 aliphatic rings. The number of pyridine rings is 2. The standard InChI is InChI=1S/C22H23N5O3/c1-14-8-15(2)10-17(9-14)27(13-20(28)29)22(30)18-4-3-6-25-21(18)26-12-16-5-7-24-19(23)11-16/h3-11H,12-13H2,1-2H3,(H2,23,24)(H,25,26)(H,28,29). The Morgan fingerprint density at radius 3 is 2.47 bits per heavy atom. The number of nitrogens with zero attached hydrogens (tertiary/aromatic N) is 3. The second-order valence-electron chi connectivity index (χ2n) is 6.97. The molecule has 0 aliphatic carbocycles. The fourth-order valence-electron chi connectivity index (χ4n) is 3.18. The molecule has 0 atom stereocenters. The molecule has 1 amide bonds. The van der Waals surface area contributed by atoms with Crippen molar-refractivity contribution in [2.24, 2.45) is 0 Å². The molecule has 0 spiro atoms. The van der Waals surface area contributed by atoms with E-state index in [0.29, 0.717) is 23.9 Å². The number of carboxylic acid groups (broad SMARTS) is 1. The van der Waals surface area contributed by atoms with E-state index in [2.05, 4.69) is 15.3 Å². The summed E-state index contributed by atoms with van der Waals surface area (Å²) in [6.07, 6.45) is 3.17. The van der Waals surface area contributed by atoms with E-state index in [4.69, 9.17) is 5.73 Å². The molecular weight excluding hydrogens is 382 g/mol. The molecule has 154 valence electrons. The van der Waals surface area contributed by atoms with E-state index < -0.39 is 18.4 Å². The van der Waals surface area contributed by atoms with Gasteiger partial charge in [-0.3, -0.25) is 14.5 Å². The highest BCUT2D eigenvalue weighted by Gasteiger charge is 2.23.